The fraction of sp³-hybridized carbons (Fsp3) is 0.333. The van der Waals surface area contributed by atoms with Crippen LogP contribution in [0.5, 0.6) is 5.75 Å². The molecule has 0 spiro atoms. The largest absolute Gasteiger partial charge is 0.497 e. The van der Waals surface area contributed by atoms with Crippen LogP contribution in [-0.4, -0.2) is 19.0 Å². The molecular weight excluding hydrogens is 242 g/mol. The average Bonchev–Trinajstić information content (AvgIpc) is 2.68. The molecule has 0 amide bonds. The van der Waals surface area contributed by atoms with E-state index < -0.39 is 0 Å². The lowest BCUT2D eigenvalue weighted by Crippen LogP contribution is -2.22. The van der Waals surface area contributed by atoms with Crippen LogP contribution >= 0.6 is 0 Å². The van der Waals surface area contributed by atoms with Crippen LogP contribution in [0.25, 0.3) is 6.08 Å². The van der Waals surface area contributed by atoms with Gasteiger partial charge in [-0.05, 0) is 36.6 Å². The maximum Gasteiger partial charge on any atom is 0.363 e. The molecule has 0 atom stereocenters. The zero-order chi connectivity index (χ0) is 13.2. The average molecular weight is 257 g/mol. The molecule has 98 valence electrons. The molecule has 0 radical (unpaired) electrons. The van der Waals surface area contributed by atoms with Gasteiger partial charge in [0.2, 0.25) is 5.90 Å². The summed E-state index contributed by atoms with van der Waals surface area (Å²) in [6.07, 6.45) is 5.06. The van der Waals surface area contributed by atoms with Crippen molar-refractivity contribution in [1.29, 1.82) is 0 Å². The smallest absolute Gasteiger partial charge is 0.363 e. The predicted molar refractivity (Wildman–Crippen MR) is 71.8 cm³/mol. The molecule has 19 heavy (non-hydrogen) atoms. The van der Waals surface area contributed by atoms with Gasteiger partial charge in [-0.15, -0.1) is 0 Å². The molecule has 0 saturated heterocycles. The second kappa shape index (κ2) is 4.88. The Hall–Kier alpha value is -2.10. The molecule has 1 aliphatic heterocycles. The van der Waals surface area contributed by atoms with Crippen molar-refractivity contribution in [3.05, 3.63) is 35.5 Å². The highest BCUT2D eigenvalue weighted by molar-refractivity contribution is 6.07. The number of benzene rings is 1. The molecule has 1 aliphatic carbocycles. The van der Waals surface area contributed by atoms with Crippen LogP contribution in [0.15, 0.2) is 35.0 Å². The molecule has 0 unspecified atom stereocenters. The first-order valence-corrected chi connectivity index (χ1v) is 6.43. The summed E-state index contributed by atoms with van der Waals surface area (Å²) in [7, 11) is 1.61. The molecule has 1 heterocycles. The van der Waals surface area contributed by atoms with Gasteiger partial charge in [-0.1, -0.05) is 18.6 Å². The number of cyclic esters (lactones) is 1. The molecule has 3 rings (SSSR count). The summed E-state index contributed by atoms with van der Waals surface area (Å²) in [5.74, 6) is 1.32. The first-order valence-electron chi connectivity index (χ1n) is 6.43. The van der Waals surface area contributed by atoms with Crippen molar-refractivity contribution in [2.75, 3.05) is 7.11 Å². The zero-order valence-corrected chi connectivity index (χ0v) is 10.8. The maximum atomic E-state index is 11.8. The molecular formula is C15H15NO3. The summed E-state index contributed by atoms with van der Waals surface area (Å²) in [5, 5.41) is 0. The number of rotatable bonds is 3. The van der Waals surface area contributed by atoms with E-state index in [-0.39, 0.29) is 5.97 Å². The second-order valence-corrected chi connectivity index (χ2v) is 4.77. The highest BCUT2D eigenvalue weighted by Crippen LogP contribution is 2.31. The van der Waals surface area contributed by atoms with E-state index in [1.807, 2.05) is 24.3 Å². The van der Waals surface area contributed by atoms with Crippen LogP contribution in [0.3, 0.4) is 0 Å². The Morgan fingerprint density at radius 2 is 2.26 bits per heavy atom. The third kappa shape index (κ3) is 2.38. The predicted octanol–water partition coefficient (Wildman–Crippen LogP) is 2.79. The quantitative estimate of drug-likeness (QED) is 0.618. The molecule has 0 bridgehead atoms. The van der Waals surface area contributed by atoms with Gasteiger partial charge in [0.05, 0.1) is 7.11 Å². The molecule has 1 saturated carbocycles. The minimum Gasteiger partial charge on any atom is -0.497 e. The maximum absolute atomic E-state index is 11.8. The number of carbonyl (C=O) groups is 1. The molecule has 1 aromatic rings. The van der Waals surface area contributed by atoms with E-state index in [9.17, 15) is 4.79 Å². The number of carbonyl (C=O) groups excluding carboxylic acids is 1. The number of methoxy groups -OCH3 is 1. The highest BCUT2D eigenvalue weighted by atomic mass is 16.6. The minimum absolute atomic E-state index is 0.333. The Morgan fingerprint density at radius 1 is 1.42 bits per heavy atom. The van der Waals surface area contributed by atoms with Gasteiger partial charge < -0.3 is 9.47 Å². The number of hydrogen-bond donors (Lipinski definition) is 0. The Bertz CT molecular complexity index is 571. The van der Waals surface area contributed by atoms with E-state index in [0.717, 1.165) is 24.2 Å². The van der Waals surface area contributed by atoms with Crippen LogP contribution in [0.2, 0.25) is 0 Å². The molecule has 2 aliphatic rings. The van der Waals surface area contributed by atoms with Crippen molar-refractivity contribution < 1.29 is 14.3 Å². The number of nitrogens with zero attached hydrogens (tertiary/aromatic N) is 1. The summed E-state index contributed by atoms with van der Waals surface area (Å²) >= 11 is 0. The lowest BCUT2D eigenvalue weighted by Gasteiger charge is -2.23. The number of esters is 1. The van der Waals surface area contributed by atoms with Crippen molar-refractivity contribution >= 4 is 17.9 Å². The van der Waals surface area contributed by atoms with Crippen LogP contribution in [0.4, 0.5) is 0 Å². The Morgan fingerprint density at radius 3 is 2.95 bits per heavy atom. The van der Waals surface area contributed by atoms with Crippen LogP contribution in [-0.2, 0) is 9.53 Å². The van der Waals surface area contributed by atoms with Crippen molar-refractivity contribution in [2.45, 2.75) is 19.3 Å². The van der Waals surface area contributed by atoms with Gasteiger partial charge in [-0.2, -0.15) is 0 Å². The third-order valence-corrected chi connectivity index (χ3v) is 3.49. The highest BCUT2D eigenvalue weighted by Gasteiger charge is 2.32. The van der Waals surface area contributed by atoms with Crippen LogP contribution in [0, 0.1) is 5.92 Å². The van der Waals surface area contributed by atoms with Gasteiger partial charge in [0.1, 0.15) is 5.75 Å². The molecule has 4 nitrogen and oxygen atoms in total. The Kier molecular flexibility index (Phi) is 3.07. The third-order valence-electron chi connectivity index (χ3n) is 3.49. The lowest BCUT2D eigenvalue weighted by molar-refractivity contribution is -0.130. The Labute approximate surface area is 111 Å². The molecule has 4 heteroatoms. The topological polar surface area (TPSA) is 47.9 Å². The molecule has 0 N–H and O–H groups in total. The normalized spacial score (nSPS) is 21.0. The van der Waals surface area contributed by atoms with E-state index >= 15 is 0 Å². The van der Waals surface area contributed by atoms with Gasteiger partial charge >= 0.3 is 5.97 Å². The number of ether oxygens (including phenoxy) is 2. The van der Waals surface area contributed by atoms with Crippen LogP contribution < -0.4 is 4.74 Å². The van der Waals surface area contributed by atoms with E-state index in [0.29, 0.717) is 17.5 Å². The van der Waals surface area contributed by atoms with Gasteiger partial charge in [0, 0.05) is 5.92 Å². The Balaban J connectivity index is 1.85. The number of hydrogen-bond acceptors (Lipinski definition) is 4. The van der Waals surface area contributed by atoms with E-state index in [1.54, 1.807) is 13.2 Å². The monoisotopic (exact) mass is 257 g/mol. The molecule has 0 aromatic heterocycles. The number of aliphatic imine (C=N–C) groups is 1. The summed E-state index contributed by atoms with van der Waals surface area (Å²) in [4.78, 5) is 16.1. The van der Waals surface area contributed by atoms with Crippen molar-refractivity contribution in [1.82, 2.24) is 0 Å². The van der Waals surface area contributed by atoms with Gasteiger partial charge in [-0.25, -0.2) is 9.79 Å². The van der Waals surface area contributed by atoms with Gasteiger partial charge in [0.15, 0.2) is 5.70 Å². The summed E-state index contributed by atoms with van der Waals surface area (Å²) < 4.78 is 10.4. The van der Waals surface area contributed by atoms with Crippen molar-refractivity contribution in [3.63, 3.8) is 0 Å². The van der Waals surface area contributed by atoms with Crippen molar-refractivity contribution in [2.24, 2.45) is 10.9 Å². The summed E-state index contributed by atoms with van der Waals surface area (Å²) in [6.45, 7) is 0. The standard InChI is InChI=1S/C15H15NO3/c1-18-12-7-2-4-10(8-12)9-13-15(17)19-14(16-13)11-5-3-6-11/h2,4,7-9,11H,3,5-6H2,1H3/b13-9+. The van der Waals surface area contributed by atoms with Gasteiger partial charge in [-0.3, -0.25) is 0 Å². The van der Waals surface area contributed by atoms with E-state index in [4.69, 9.17) is 9.47 Å². The van der Waals surface area contributed by atoms with E-state index in [2.05, 4.69) is 4.99 Å². The fourth-order valence-electron chi connectivity index (χ4n) is 2.14. The van der Waals surface area contributed by atoms with Crippen molar-refractivity contribution in [3.8, 4) is 5.75 Å². The SMILES string of the molecule is COc1cccc(/C=C2/N=C(C3CCC3)OC2=O)c1. The first kappa shape index (κ1) is 12.0. The summed E-state index contributed by atoms with van der Waals surface area (Å²) in [6, 6.07) is 7.50. The lowest BCUT2D eigenvalue weighted by atomic mass is 9.85. The van der Waals surface area contributed by atoms with Crippen LogP contribution in [0.1, 0.15) is 24.8 Å². The second-order valence-electron chi connectivity index (χ2n) is 4.77. The molecule has 1 aromatic carbocycles. The zero-order valence-electron chi connectivity index (χ0n) is 10.8. The summed E-state index contributed by atoms with van der Waals surface area (Å²) in [5.41, 5.74) is 1.25. The minimum atomic E-state index is -0.357. The van der Waals surface area contributed by atoms with E-state index in [1.165, 1.54) is 6.42 Å². The van der Waals surface area contributed by atoms with Gasteiger partial charge in [0.25, 0.3) is 0 Å². The fourth-order valence-corrected chi connectivity index (χ4v) is 2.14. The molecule has 1 fully saturated rings. The first-order chi connectivity index (χ1) is 9.26.